The first kappa shape index (κ1) is 20.5. The molecule has 0 saturated heterocycles. The highest BCUT2D eigenvalue weighted by Gasteiger charge is 2.19. The van der Waals surface area contributed by atoms with E-state index in [4.69, 9.17) is 4.74 Å². The van der Waals surface area contributed by atoms with Crippen LogP contribution in [0.2, 0.25) is 0 Å². The van der Waals surface area contributed by atoms with Gasteiger partial charge in [-0.05, 0) is 50.5 Å². The van der Waals surface area contributed by atoms with Gasteiger partial charge in [-0.3, -0.25) is 9.59 Å². The lowest BCUT2D eigenvalue weighted by atomic mass is 10.1. The normalized spacial score (nSPS) is 12.7. The lowest BCUT2D eigenvalue weighted by Gasteiger charge is -2.18. The van der Waals surface area contributed by atoms with E-state index in [-0.39, 0.29) is 17.9 Å². The van der Waals surface area contributed by atoms with Gasteiger partial charge in [0.05, 0.1) is 11.3 Å². The van der Waals surface area contributed by atoms with Gasteiger partial charge in [-0.1, -0.05) is 44.2 Å². The molecule has 0 unspecified atom stereocenters. The first-order chi connectivity index (χ1) is 13.0. The van der Waals surface area contributed by atoms with E-state index >= 15 is 0 Å². The third kappa shape index (κ3) is 5.58. The largest absolute Gasteiger partial charge is 0.481 e. The maximum Gasteiger partial charge on any atom is 0.265 e. The topological polar surface area (TPSA) is 67.4 Å². The second kappa shape index (κ2) is 9.76. The number of carbonyl (C=O) groups is 2. The van der Waals surface area contributed by atoms with Crippen molar-refractivity contribution in [3.63, 3.8) is 0 Å². The van der Waals surface area contributed by atoms with Gasteiger partial charge in [0, 0.05) is 6.04 Å². The summed E-state index contributed by atoms with van der Waals surface area (Å²) in [7, 11) is 0. The SMILES string of the molecule is CCc1ccccc1O[C@H](C)C(=O)Nc1ccccc1C(=O)N[C@H](C)CC. The molecule has 0 aliphatic heterocycles. The van der Waals surface area contributed by atoms with Crippen LogP contribution < -0.4 is 15.4 Å². The second-order valence-corrected chi connectivity index (χ2v) is 6.54. The van der Waals surface area contributed by atoms with Crippen molar-refractivity contribution in [3.8, 4) is 5.75 Å². The van der Waals surface area contributed by atoms with Gasteiger partial charge in [0.15, 0.2) is 6.10 Å². The van der Waals surface area contributed by atoms with E-state index in [1.54, 1.807) is 31.2 Å². The van der Waals surface area contributed by atoms with Crippen molar-refractivity contribution >= 4 is 17.5 Å². The monoisotopic (exact) mass is 368 g/mol. The number of benzene rings is 2. The summed E-state index contributed by atoms with van der Waals surface area (Å²) in [6.07, 6.45) is 0.967. The van der Waals surface area contributed by atoms with Gasteiger partial charge in [-0.15, -0.1) is 0 Å². The van der Waals surface area contributed by atoms with E-state index in [1.165, 1.54) is 0 Å². The van der Waals surface area contributed by atoms with Crippen LogP contribution in [0.5, 0.6) is 5.75 Å². The van der Waals surface area contributed by atoms with Crippen LogP contribution in [0.15, 0.2) is 48.5 Å². The molecule has 5 heteroatoms. The van der Waals surface area contributed by atoms with Crippen LogP contribution in [-0.4, -0.2) is 24.0 Å². The fourth-order valence-electron chi connectivity index (χ4n) is 2.58. The van der Waals surface area contributed by atoms with Crippen LogP contribution >= 0.6 is 0 Å². The van der Waals surface area contributed by atoms with Crippen molar-refractivity contribution in [2.24, 2.45) is 0 Å². The number of ether oxygens (including phenoxy) is 1. The molecule has 144 valence electrons. The zero-order valence-corrected chi connectivity index (χ0v) is 16.4. The Morgan fingerprint density at radius 2 is 1.67 bits per heavy atom. The number of aryl methyl sites for hydroxylation is 1. The van der Waals surface area contributed by atoms with Gasteiger partial charge < -0.3 is 15.4 Å². The van der Waals surface area contributed by atoms with Crippen molar-refractivity contribution in [3.05, 3.63) is 59.7 Å². The number of anilines is 1. The summed E-state index contributed by atoms with van der Waals surface area (Å²) in [6, 6.07) is 14.7. The average Bonchev–Trinajstić information content (AvgIpc) is 2.68. The van der Waals surface area contributed by atoms with Gasteiger partial charge in [0.25, 0.3) is 11.8 Å². The summed E-state index contributed by atoms with van der Waals surface area (Å²) in [6.45, 7) is 7.69. The number of amides is 2. The molecule has 2 atom stereocenters. The third-order valence-electron chi connectivity index (χ3n) is 4.45. The molecule has 0 aliphatic rings. The van der Waals surface area contributed by atoms with Crippen molar-refractivity contribution in [1.82, 2.24) is 5.32 Å². The Morgan fingerprint density at radius 1 is 1.00 bits per heavy atom. The molecule has 2 N–H and O–H groups in total. The summed E-state index contributed by atoms with van der Waals surface area (Å²) in [4.78, 5) is 25.1. The van der Waals surface area contributed by atoms with Crippen molar-refractivity contribution < 1.29 is 14.3 Å². The Bertz CT molecular complexity index is 789. The van der Waals surface area contributed by atoms with Crippen LogP contribution in [0.3, 0.4) is 0 Å². The Labute approximate surface area is 161 Å². The molecule has 2 aromatic rings. The van der Waals surface area contributed by atoms with Gasteiger partial charge in [0.2, 0.25) is 0 Å². The van der Waals surface area contributed by atoms with E-state index in [0.717, 1.165) is 18.4 Å². The standard InChI is InChI=1S/C22H28N2O3/c1-5-15(3)23-22(26)18-12-8-9-13-19(18)24-21(25)16(4)27-20-14-10-7-11-17(20)6-2/h7-16H,5-6H2,1-4H3,(H,23,26)(H,24,25)/t15-,16-/m1/s1. The van der Waals surface area contributed by atoms with E-state index in [1.807, 2.05) is 45.0 Å². The highest BCUT2D eigenvalue weighted by atomic mass is 16.5. The lowest BCUT2D eigenvalue weighted by Crippen LogP contribution is -2.34. The molecule has 2 rings (SSSR count). The number of hydrogen-bond acceptors (Lipinski definition) is 3. The second-order valence-electron chi connectivity index (χ2n) is 6.54. The Hall–Kier alpha value is -2.82. The predicted octanol–water partition coefficient (Wildman–Crippen LogP) is 4.18. The molecular formula is C22H28N2O3. The molecule has 0 aromatic heterocycles. The minimum atomic E-state index is -0.691. The Morgan fingerprint density at radius 3 is 2.37 bits per heavy atom. The first-order valence-corrected chi connectivity index (χ1v) is 9.41. The maximum absolute atomic E-state index is 12.6. The number of rotatable bonds is 8. The van der Waals surface area contributed by atoms with Crippen molar-refractivity contribution in [2.45, 2.75) is 52.7 Å². The highest BCUT2D eigenvalue weighted by molar-refractivity contribution is 6.04. The Balaban J connectivity index is 2.10. The van der Waals surface area contributed by atoms with E-state index in [9.17, 15) is 9.59 Å². The van der Waals surface area contributed by atoms with E-state index in [0.29, 0.717) is 17.0 Å². The van der Waals surface area contributed by atoms with Gasteiger partial charge >= 0.3 is 0 Å². The number of nitrogens with one attached hydrogen (secondary N) is 2. The van der Waals surface area contributed by atoms with Crippen molar-refractivity contribution in [2.75, 3.05) is 5.32 Å². The van der Waals surface area contributed by atoms with Crippen LogP contribution in [0.1, 0.15) is 50.0 Å². The zero-order valence-electron chi connectivity index (χ0n) is 16.4. The molecule has 0 bridgehead atoms. The fourth-order valence-corrected chi connectivity index (χ4v) is 2.58. The lowest BCUT2D eigenvalue weighted by molar-refractivity contribution is -0.122. The minimum absolute atomic E-state index is 0.0639. The maximum atomic E-state index is 12.6. The summed E-state index contributed by atoms with van der Waals surface area (Å²) in [5.41, 5.74) is 1.96. The van der Waals surface area contributed by atoms with E-state index in [2.05, 4.69) is 10.6 Å². The van der Waals surface area contributed by atoms with Crippen LogP contribution in [0, 0.1) is 0 Å². The molecule has 0 aliphatic carbocycles. The predicted molar refractivity (Wildman–Crippen MR) is 108 cm³/mol. The molecule has 0 fully saturated rings. The summed E-state index contributed by atoms with van der Waals surface area (Å²) < 4.78 is 5.84. The minimum Gasteiger partial charge on any atom is -0.481 e. The van der Waals surface area contributed by atoms with Crippen LogP contribution in [0.25, 0.3) is 0 Å². The van der Waals surface area contributed by atoms with Crippen molar-refractivity contribution in [1.29, 1.82) is 0 Å². The fraction of sp³-hybridized carbons (Fsp3) is 0.364. The number of carbonyl (C=O) groups excluding carboxylic acids is 2. The van der Waals surface area contributed by atoms with Gasteiger partial charge in [-0.25, -0.2) is 0 Å². The highest BCUT2D eigenvalue weighted by Crippen LogP contribution is 2.21. The Kier molecular flexibility index (Phi) is 7.41. The van der Waals surface area contributed by atoms with Gasteiger partial charge in [-0.2, -0.15) is 0 Å². The van der Waals surface area contributed by atoms with Crippen LogP contribution in [0.4, 0.5) is 5.69 Å². The molecule has 0 radical (unpaired) electrons. The average molecular weight is 368 g/mol. The summed E-state index contributed by atoms with van der Waals surface area (Å²) in [5.74, 6) is 0.195. The molecular weight excluding hydrogens is 340 g/mol. The van der Waals surface area contributed by atoms with E-state index < -0.39 is 6.10 Å². The summed E-state index contributed by atoms with van der Waals surface area (Å²) in [5, 5.41) is 5.74. The quantitative estimate of drug-likeness (QED) is 0.734. The molecule has 2 amide bonds. The first-order valence-electron chi connectivity index (χ1n) is 9.41. The molecule has 27 heavy (non-hydrogen) atoms. The summed E-state index contributed by atoms with van der Waals surface area (Å²) >= 11 is 0. The van der Waals surface area contributed by atoms with Crippen LogP contribution in [-0.2, 0) is 11.2 Å². The molecule has 5 nitrogen and oxygen atoms in total. The molecule has 0 heterocycles. The molecule has 0 saturated carbocycles. The number of hydrogen-bond donors (Lipinski definition) is 2. The molecule has 2 aromatic carbocycles. The van der Waals surface area contributed by atoms with Gasteiger partial charge in [0.1, 0.15) is 5.75 Å². The molecule has 0 spiro atoms. The zero-order chi connectivity index (χ0) is 19.8. The third-order valence-corrected chi connectivity index (χ3v) is 4.45. The number of para-hydroxylation sites is 2. The smallest absolute Gasteiger partial charge is 0.265 e.